The van der Waals surface area contributed by atoms with Crippen LogP contribution in [0.5, 0.6) is 0 Å². The summed E-state index contributed by atoms with van der Waals surface area (Å²) in [5.74, 6) is -3.53. The standard InChI is InChI=1S/C15H19F2N3O2.ClH/c16-15(17)8-12(20-10-15)14(22)18-7-6-13(21)19-9-11-4-2-1-3-5-11;/h1-5,12,20H,6-10H2,(H,18,22)(H,19,21);1H. The Morgan fingerprint density at radius 2 is 1.91 bits per heavy atom. The maximum absolute atomic E-state index is 13.0. The van der Waals surface area contributed by atoms with Gasteiger partial charge < -0.3 is 10.6 Å². The molecule has 23 heavy (non-hydrogen) atoms. The van der Waals surface area contributed by atoms with Crippen LogP contribution < -0.4 is 16.0 Å². The third-order valence-corrected chi connectivity index (χ3v) is 3.41. The van der Waals surface area contributed by atoms with Crippen molar-refractivity contribution in [3.8, 4) is 0 Å². The van der Waals surface area contributed by atoms with Gasteiger partial charge in [-0.2, -0.15) is 0 Å². The van der Waals surface area contributed by atoms with Crippen molar-refractivity contribution in [2.75, 3.05) is 13.1 Å². The van der Waals surface area contributed by atoms with E-state index in [9.17, 15) is 18.4 Å². The van der Waals surface area contributed by atoms with E-state index in [4.69, 9.17) is 0 Å². The first kappa shape index (κ1) is 19.3. The second kappa shape index (κ2) is 8.79. The average molecular weight is 348 g/mol. The third-order valence-electron chi connectivity index (χ3n) is 3.41. The van der Waals surface area contributed by atoms with Crippen molar-refractivity contribution < 1.29 is 18.4 Å². The van der Waals surface area contributed by atoms with Crippen molar-refractivity contribution in [3.63, 3.8) is 0 Å². The van der Waals surface area contributed by atoms with Crippen LogP contribution in [-0.4, -0.2) is 36.9 Å². The summed E-state index contributed by atoms with van der Waals surface area (Å²) in [5, 5.41) is 7.69. The molecule has 2 rings (SSSR count). The van der Waals surface area contributed by atoms with Gasteiger partial charge in [-0.1, -0.05) is 30.3 Å². The van der Waals surface area contributed by atoms with Crippen LogP contribution >= 0.6 is 12.4 Å². The van der Waals surface area contributed by atoms with Gasteiger partial charge in [-0.05, 0) is 5.56 Å². The molecule has 0 radical (unpaired) electrons. The van der Waals surface area contributed by atoms with Gasteiger partial charge in [-0.25, -0.2) is 8.78 Å². The molecule has 1 aromatic carbocycles. The number of carbonyl (C=O) groups excluding carboxylic acids is 2. The Bertz CT molecular complexity index is 529. The second-order valence-electron chi connectivity index (χ2n) is 5.30. The topological polar surface area (TPSA) is 70.2 Å². The molecule has 1 aliphatic heterocycles. The fourth-order valence-corrected chi connectivity index (χ4v) is 2.21. The molecule has 5 nitrogen and oxygen atoms in total. The molecule has 1 aromatic rings. The number of hydrogen-bond donors (Lipinski definition) is 3. The number of alkyl halides is 2. The van der Waals surface area contributed by atoms with Gasteiger partial charge in [-0.15, -0.1) is 12.4 Å². The summed E-state index contributed by atoms with van der Waals surface area (Å²) >= 11 is 0. The largest absolute Gasteiger partial charge is 0.354 e. The molecule has 128 valence electrons. The Kier molecular flexibility index (Phi) is 7.38. The summed E-state index contributed by atoms with van der Waals surface area (Å²) in [6, 6.07) is 8.56. The number of hydrogen-bond acceptors (Lipinski definition) is 3. The smallest absolute Gasteiger partial charge is 0.262 e. The first-order valence-corrected chi connectivity index (χ1v) is 7.16. The maximum Gasteiger partial charge on any atom is 0.262 e. The Labute approximate surface area is 139 Å². The highest BCUT2D eigenvalue weighted by molar-refractivity contribution is 5.85. The molecular formula is C15H20ClF2N3O2. The minimum absolute atomic E-state index is 0. The van der Waals surface area contributed by atoms with Crippen LogP contribution in [0.25, 0.3) is 0 Å². The van der Waals surface area contributed by atoms with Crippen LogP contribution in [0, 0.1) is 0 Å². The van der Waals surface area contributed by atoms with Crippen LogP contribution in [0.1, 0.15) is 18.4 Å². The van der Waals surface area contributed by atoms with Gasteiger partial charge in [-0.3, -0.25) is 14.9 Å². The average Bonchev–Trinajstić information content (AvgIpc) is 2.86. The Hall–Kier alpha value is -1.73. The van der Waals surface area contributed by atoms with Crippen molar-refractivity contribution in [1.29, 1.82) is 0 Å². The Morgan fingerprint density at radius 3 is 2.52 bits per heavy atom. The minimum atomic E-state index is -2.84. The first-order chi connectivity index (χ1) is 10.5. The lowest BCUT2D eigenvalue weighted by Gasteiger charge is -2.11. The van der Waals surface area contributed by atoms with Gasteiger partial charge in [0.2, 0.25) is 11.8 Å². The lowest BCUT2D eigenvalue weighted by molar-refractivity contribution is -0.124. The summed E-state index contributed by atoms with van der Waals surface area (Å²) in [6.07, 6.45) is -0.388. The van der Waals surface area contributed by atoms with Crippen LogP contribution in [0.3, 0.4) is 0 Å². The van der Waals surface area contributed by atoms with Crippen LogP contribution in [0.4, 0.5) is 8.78 Å². The molecule has 3 N–H and O–H groups in total. The van der Waals surface area contributed by atoms with E-state index < -0.39 is 30.8 Å². The number of rotatable bonds is 6. The summed E-state index contributed by atoms with van der Waals surface area (Å²) in [5.41, 5.74) is 0.984. The molecule has 0 aliphatic carbocycles. The quantitative estimate of drug-likeness (QED) is 0.725. The molecule has 1 unspecified atom stereocenters. The van der Waals surface area contributed by atoms with Crippen molar-refractivity contribution in [2.24, 2.45) is 0 Å². The molecule has 0 aromatic heterocycles. The molecule has 0 bridgehead atoms. The third kappa shape index (κ3) is 6.50. The summed E-state index contributed by atoms with van der Waals surface area (Å²) < 4.78 is 25.9. The molecule has 8 heteroatoms. The Balaban J connectivity index is 0.00000264. The zero-order valence-corrected chi connectivity index (χ0v) is 13.3. The zero-order valence-electron chi connectivity index (χ0n) is 12.5. The van der Waals surface area contributed by atoms with Crippen molar-refractivity contribution in [2.45, 2.75) is 31.4 Å². The van der Waals surface area contributed by atoms with E-state index in [0.29, 0.717) is 6.54 Å². The maximum atomic E-state index is 13.0. The molecule has 0 spiro atoms. The summed E-state index contributed by atoms with van der Waals surface area (Å²) in [4.78, 5) is 23.3. The highest BCUT2D eigenvalue weighted by Crippen LogP contribution is 2.24. The lowest BCUT2D eigenvalue weighted by atomic mass is 10.2. The lowest BCUT2D eigenvalue weighted by Crippen LogP contribution is -2.41. The van der Waals surface area contributed by atoms with E-state index in [-0.39, 0.29) is 31.3 Å². The van der Waals surface area contributed by atoms with Crippen molar-refractivity contribution >= 4 is 24.2 Å². The number of nitrogens with one attached hydrogen (secondary N) is 3. The van der Waals surface area contributed by atoms with Crippen LogP contribution in [0.15, 0.2) is 30.3 Å². The zero-order chi connectivity index (χ0) is 16.0. The van der Waals surface area contributed by atoms with E-state index in [1.165, 1.54) is 0 Å². The summed E-state index contributed by atoms with van der Waals surface area (Å²) in [7, 11) is 0. The molecule has 1 heterocycles. The van der Waals surface area contributed by atoms with E-state index in [1.54, 1.807) is 0 Å². The predicted octanol–water partition coefficient (Wildman–Crippen LogP) is 1.23. The molecule has 1 fully saturated rings. The fourth-order valence-electron chi connectivity index (χ4n) is 2.21. The number of amides is 2. The molecule has 1 aliphatic rings. The predicted molar refractivity (Wildman–Crippen MR) is 84.5 cm³/mol. The van der Waals surface area contributed by atoms with Gasteiger partial charge in [0, 0.05) is 25.9 Å². The molecule has 1 atom stereocenters. The van der Waals surface area contributed by atoms with Crippen molar-refractivity contribution in [3.05, 3.63) is 35.9 Å². The first-order valence-electron chi connectivity index (χ1n) is 7.16. The summed E-state index contributed by atoms with van der Waals surface area (Å²) in [6.45, 7) is 0.0654. The normalized spacial score (nSPS) is 18.8. The number of halogens is 3. The highest BCUT2D eigenvalue weighted by Gasteiger charge is 2.42. The van der Waals surface area contributed by atoms with E-state index in [2.05, 4.69) is 16.0 Å². The van der Waals surface area contributed by atoms with Gasteiger partial charge >= 0.3 is 0 Å². The number of benzene rings is 1. The van der Waals surface area contributed by atoms with Crippen LogP contribution in [0.2, 0.25) is 0 Å². The van der Waals surface area contributed by atoms with E-state index in [0.717, 1.165) is 5.56 Å². The molecular weight excluding hydrogens is 328 g/mol. The van der Waals surface area contributed by atoms with Gasteiger partial charge in [0.05, 0.1) is 12.6 Å². The Morgan fingerprint density at radius 1 is 1.22 bits per heavy atom. The van der Waals surface area contributed by atoms with E-state index >= 15 is 0 Å². The van der Waals surface area contributed by atoms with Crippen LogP contribution in [-0.2, 0) is 16.1 Å². The highest BCUT2D eigenvalue weighted by atomic mass is 35.5. The van der Waals surface area contributed by atoms with Gasteiger partial charge in [0.1, 0.15) is 0 Å². The monoisotopic (exact) mass is 347 g/mol. The van der Waals surface area contributed by atoms with Gasteiger partial charge in [0.25, 0.3) is 5.92 Å². The van der Waals surface area contributed by atoms with Crippen molar-refractivity contribution in [1.82, 2.24) is 16.0 Å². The SMILES string of the molecule is Cl.O=C(CCNC(=O)C1CC(F)(F)CN1)NCc1ccccc1. The number of carbonyl (C=O) groups is 2. The second-order valence-corrected chi connectivity index (χ2v) is 5.30. The molecule has 1 saturated heterocycles. The fraction of sp³-hybridized carbons (Fsp3) is 0.467. The minimum Gasteiger partial charge on any atom is -0.354 e. The van der Waals surface area contributed by atoms with E-state index in [1.807, 2.05) is 30.3 Å². The molecule has 2 amide bonds. The molecule has 0 saturated carbocycles. The van der Waals surface area contributed by atoms with Gasteiger partial charge in [0.15, 0.2) is 0 Å².